The molecule has 0 radical (unpaired) electrons. The molecule has 4 rings (SSSR count). The molecule has 0 saturated heterocycles. The van der Waals surface area contributed by atoms with E-state index in [4.69, 9.17) is 0 Å². The molecule has 1 aliphatic rings. The molecule has 0 bridgehead atoms. The third kappa shape index (κ3) is 4.59. The topological polar surface area (TPSA) is 59.8 Å². The van der Waals surface area contributed by atoms with Gasteiger partial charge in [-0.25, -0.2) is 0 Å². The highest BCUT2D eigenvalue weighted by atomic mass is 32.2. The van der Waals surface area contributed by atoms with E-state index in [-0.39, 0.29) is 16.6 Å². The normalized spacial score (nSPS) is 15.1. The Bertz CT molecular complexity index is 1020. The summed E-state index contributed by atoms with van der Waals surface area (Å²) in [6.07, 6.45) is 2.13. The molecule has 1 atom stereocenters. The second-order valence-electron chi connectivity index (χ2n) is 8.88. The Morgan fingerprint density at radius 1 is 1.07 bits per heavy atom. The van der Waals surface area contributed by atoms with Crippen molar-refractivity contribution in [2.75, 3.05) is 0 Å². The van der Waals surface area contributed by atoms with Gasteiger partial charge in [-0.2, -0.15) is 0 Å². The van der Waals surface area contributed by atoms with E-state index in [1.807, 2.05) is 41.9 Å². The average Bonchev–Trinajstić information content (AvgIpc) is 3.47. The first kappa shape index (κ1) is 20.7. The number of aromatic nitrogens is 3. The molecular formula is C24H28N4OS. The van der Waals surface area contributed by atoms with Crippen LogP contribution in [0.5, 0.6) is 0 Å². The van der Waals surface area contributed by atoms with Gasteiger partial charge in [-0.1, -0.05) is 87.1 Å². The second kappa shape index (κ2) is 8.26. The lowest BCUT2D eigenvalue weighted by molar-refractivity contribution is -0.120. The minimum Gasteiger partial charge on any atom is -0.352 e. The maximum Gasteiger partial charge on any atom is 0.238 e. The molecule has 6 heteroatoms. The lowest BCUT2D eigenvalue weighted by atomic mass is 9.87. The van der Waals surface area contributed by atoms with Gasteiger partial charge >= 0.3 is 0 Å². The third-order valence-electron chi connectivity index (χ3n) is 5.33. The van der Waals surface area contributed by atoms with E-state index >= 15 is 0 Å². The first-order valence-electron chi connectivity index (χ1n) is 10.4. The van der Waals surface area contributed by atoms with Crippen molar-refractivity contribution in [3.63, 3.8) is 0 Å². The molecule has 5 nitrogen and oxygen atoms in total. The fraction of sp³-hybridized carbons (Fsp3) is 0.375. The van der Waals surface area contributed by atoms with Crippen molar-refractivity contribution in [1.82, 2.24) is 20.1 Å². The standard InChI is InChI=1S/C24H28N4OS/c1-24(2,3)18-12-10-17(11-13-18)21-26-27-23(28(21)4)30-20(16-8-6-5-7-9-16)22(29)25-19-14-15-19/h5-13,19-20H,14-15H2,1-4H3,(H,25,29)/t20-/m1/s1. The fourth-order valence-electron chi connectivity index (χ4n) is 3.30. The lowest BCUT2D eigenvalue weighted by Gasteiger charge is -2.19. The number of thioether (sulfide) groups is 1. The molecule has 2 aromatic carbocycles. The summed E-state index contributed by atoms with van der Waals surface area (Å²) in [7, 11) is 1.95. The van der Waals surface area contributed by atoms with E-state index in [0.717, 1.165) is 34.9 Å². The summed E-state index contributed by atoms with van der Waals surface area (Å²) in [6, 6.07) is 18.7. The van der Waals surface area contributed by atoms with Crippen molar-refractivity contribution < 1.29 is 4.79 Å². The molecule has 0 aliphatic heterocycles. The van der Waals surface area contributed by atoms with Gasteiger partial charge in [0.1, 0.15) is 5.25 Å². The van der Waals surface area contributed by atoms with Gasteiger partial charge < -0.3 is 9.88 Å². The van der Waals surface area contributed by atoms with Crippen molar-refractivity contribution in [2.45, 2.75) is 55.5 Å². The monoisotopic (exact) mass is 420 g/mol. The van der Waals surface area contributed by atoms with Crippen LogP contribution < -0.4 is 5.32 Å². The first-order valence-corrected chi connectivity index (χ1v) is 11.2. The highest BCUT2D eigenvalue weighted by Gasteiger charge is 2.30. The van der Waals surface area contributed by atoms with Gasteiger partial charge in [0.2, 0.25) is 5.91 Å². The van der Waals surface area contributed by atoms with E-state index in [2.05, 4.69) is 60.6 Å². The van der Waals surface area contributed by atoms with E-state index in [1.54, 1.807) is 0 Å². The molecule has 156 valence electrons. The summed E-state index contributed by atoms with van der Waals surface area (Å²) in [5.41, 5.74) is 3.38. The van der Waals surface area contributed by atoms with Crippen LogP contribution in [0.3, 0.4) is 0 Å². The lowest BCUT2D eigenvalue weighted by Crippen LogP contribution is -2.29. The van der Waals surface area contributed by atoms with Crippen molar-refractivity contribution >= 4 is 17.7 Å². The van der Waals surface area contributed by atoms with Crippen molar-refractivity contribution in [3.8, 4) is 11.4 Å². The van der Waals surface area contributed by atoms with Gasteiger partial charge in [0, 0.05) is 18.7 Å². The molecule has 1 saturated carbocycles. The SMILES string of the molecule is Cn1c(S[C@@H](C(=O)NC2CC2)c2ccccc2)nnc1-c1ccc(C(C)(C)C)cc1. The molecule has 3 aromatic rings. The molecule has 1 N–H and O–H groups in total. The van der Waals surface area contributed by atoms with Crippen LogP contribution in [0.2, 0.25) is 0 Å². The van der Waals surface area contributed by atoms with Crippen LogP contribution in [0.1, 0.15) is 50.0 Å². The molecule has 0 unspecified atom stereocenters. The predicted molar refractivity (Wildman–Crippen MR) is 121 cm³/mol. The summed E-state index contributed by atoms with van der Waals surface area (Å²) in [5.74, 6) is 0.833. The van der Waals surface area contributed by atoms with Gasteiger partial charge in [-0.05, 0) is 29.4 Å². The van der Waals surface area contributed by atoms with Crippen LogP contribution >= 0.6 is 11.8 Å². The number of carbonyl (C=O) groups is 1. The Hall–Kier alpha value is -2.60. The molecule has 1 heterocycles. The fourth-order valence-corrected chi connectivity index (χ4v) is 4.31. The van der Waals surface area contributed by atoms with Crippen molar-refractivity contribution in [2.24, 2.45) is 7.05 Å². The summed E-state index contributed by atoms with van der Waals surface area (Å²) in [6.45, 7) is 6.61. The highest BCUT2D eigenvalue weighted by Crippen LogP contribution is 2.36. The van der Waals surface area contributed by atoms with Gasteiger partial charge in [0.15, 0.2) is 11.0 Å². The highest BCUT2D eigenvalue weighted by molar-refractivity contribution is 8.00. The van der Waals surface area contributed by atoms with Crippen molar-refractivity contribution in [3.05, 3.63) is 65.7 Å². The molecular weight excluding hydrogens is 392 g/mol. The minimum atomic E-state index is -0.356. The molecule has 1 amide bonds. The maximum absolute atomic E-state index is 12.9. The zero-order valence-electron chi connectivity index (χ0n) is 17.9. The minimum absolute atomic E-state index is 0.0350. The Kier molecular flexibility index (Phi) is 5.69. The van der Waals surface area contributed by atoms with Crippen LogP contribution in [0.15, 0.2) is 59.8 Å². The number of nitrogens with zero attached hydrogens (tertiary/aromatic N) is 3. The zero-order valence-corrected chi connectivity index (χ0v) is 18.7. The maximum atomic E-state index is 12.9. The summed E-state index contributed by atoms with van der Waals surface area (Å²) in [5, 5.41) is 12.3. The number of benzene rings is 2. The van der Waals surface area contributed by atoms with Crippen LogP contribution in [-0.2, 0) is 17.3 Å². The largest absolute Gasteiger partial charge is 0.352 e. The molecule has 1 fully saturated rings. The number of hydrogen-bond acceptors (Lipinski definition) is 4. The molecule has 1 aliphatic carbocycles. The van der Waals surface area contributed by atoms with Crippen LogP contribution in [-0.4, -0.2) is 26.7 Å². The summed E-state index contributed by atoms with van der Waals surface area (Å²) in [4.78, 5) is 12.9. The zero-order chi connectivity index (χ0) is 21.3. The van der Waals surface area contributed by atoms with Gasteiger partial charge in [-0.3, -0.25) is 4.79 Å². The molecule has 1 aromatic heterocycles. The van der Waals surface area contributed by atoms with Crippen LogP contribution in [0, 0.1) is 0 Å². The Balaban J connectivity index is 1.59. The second-order valence-corrected chi connectivity index (χ2v) is 9.96. The Labute approximate surface area is 182 Å². The number of rotatable bonds is 6. The third-order valence-corrected chi connectivity index (χ3v) is 6.62. The van der Waals surface area contributed by atoms with E-state index in [1.165, 1.54) is 17.3 Å². The molecule has 0 spiro atoms. The van der Waals surface area contributed by atoms with E-state index in [9.17, 15) is 4.79 Å². The predicted octanol–water partition coefficient (Wildman–Crippen LogP) is 4.89. The Morgan fingerprint density at radius 2 is 1.73 bits per heavy atom. The first-order chi connectivity index (χ1) is 14.3. The van der Waals surface area contributed by atoms with Crippen molar-refractivity contribution in [1.29, 1.82) is 0 Å². The number of nitrogens with one attached hydrogen (secondary N) is 1. The van der Waals surface area contributed by atoms with Crippen LogP contribution in [0.4, 0.5) is 0 Å². The number of carbonyl (C=O) groups excluding carboxylic acids is 1. The van der Waals surface area contributed by atoms with E-state index in [0.29, 0.717) is 6.04 Å². The quantitative estimate of drug-likeness (QED) is 0.577. The smallest absolute Gasteiger partial charge is 0.238 e. The Morgan fingerprint density at radius 3 is 2.33 bits per heavy atom. The summed E-state index contributed by atoms with van der Waals surface area (Å²) < 4.78 is 1.97. The number of hydrogen-bond donors (Lipinski definition) is 1. The van der Waals surface area contributed by atoms with Gasteiger partial charge in [-0.15, -0.1) is 10.2 Å². The summed E-state index contributed by atoms with van der Waals surface area (Å²) >= 11 is 1.45. The van der Waals surface area contributed by atoms with Gasteiger partial charge in [0.05, 0.1) is 0 Å². The van der Waals surface area contributed by atoms with Gasteiger partial charge in [0.25, 0.3) is 0 Å². The van der Waals surface area contributed by atoms with E-state index < -0.39 is 0 Å². The molecule has 30 heavy (non-hydrogen) atoms. The average molecular weight is 421 g/mol. The number of amides is 1. The van der Waals surface area contributed by atoms with Crippen LogP contribution in [0.25, 0.3) is 11.4 Å².